The van der Waals surface area contributed by atoms with E-state index in [0.717, 1.165) is 0 Å². The Morgan fingerprint density at radius 1 is 1.15 bits per heavy atom. The molecule has 0 N–H and O–H groups in total. The van der Waals surface area contributed by atoms with E-state index in [1.165, 1.54) is 16.3 Å². The molecular weight excluding hydrogens is 362 g/mol. The third-order valence-corrected chi connectivity index (χ3v) is 5.12. The number of thioether (sulfide) groups is 1. The number of aromatic nitrogens is 4. The lowest BCUT2D eigenvalue weighted by molar-refractivity contribution is 0.414. The molecule has 1 atom stereocenters. The van der Waals surface area contributed by atoms with E-state index in [1.807, 2.05) is 22.6 Å². The van der Waals surface area contributed by atoms with Crippen LogP contribution in [0, 0.1) is 11.3 Å². The minimum Gasteiger partial charge on any atom is -0.497 e. The molecule has 8 heteroatoms. The summed E-state index contributed by atoms with van der Waals surface area (Å²) in [6.07, 6.45) is 0. The smallest absolute Gasteiger partial charge is 0.267 e. The molecule has 7 nitrogen and oxygen atoms in total. The molecule has 4 rings (SSSR count). The summed E-state index contributed by atoms with van der Waals surface area (Å²) in [4.78, 5) is 13.2. The number of hydrogen-bond acceptors (Lipinski definition) is 6. The van der Waals surface area contributed by atoms with Crippen molar-refractivity contribution in [3.8, 4) is 17.5 Å². The van der Waals surface area contributed by atoms with Gasteiger partial charge in [0, 0.05) is 0 Å². The highest BCUT2D eigenvalue weighted by molar-refractivity contribution is 8.00. The summed E-state index contributed by atoms with van der Waals surface area (Å²) >= 11 is 1.30. The van der Waals surface area contributed by atoms with Crippen molar-refractivity contribution < 1.29 is 4.74 Å². The van der Waals surface area contributed by atoms with Crippen LogP contribution < -0.4 is 10.3 Å². The lowest BCUT2D eigenvalue weighted by Crippen LogP contribution is -2.21. The number of rotatable bonds is 4. The third kappa shape index (κ3) is 2.82. The molecule has 27 heavy (non-hydrogen) atoms. The molecule has 2 heterocycles. The van der Waals surface area contributed by atoms with Gasteiger partial charge in [-0.3, -0.25) is 9.20 Å². The Morgan fingerprint density at radius 3 is 2.59 bits per heavy atom. The first-order valence-electron chi connectivity index (χ1n) is 8.23. The van der Waals surface area contributed by atoms with Crippen LogP contribution in [0.5, 0.6) is 5.75 Å². The Hall–Kier alpha value is -3.31. The lowest BCUT2D eigenvalue weighted by Gasteiger charge is -2.12. The van der Waals surface area contributed by atoms with Gasteiger partial charge in [0.2, 0.25) is 5.78 Å². The summed E-state index contributed by atoms with van der Waals surface area (Å²) in [5, 5.41) is 18.5. The van der Waals surface area contributed by atoms with E-state index in [-0.39, 0.29) is 10.8 Å². The maximum absolute atomic E-state index is 13.2. The highest BCUT2D eigenvalue weighted by Crippen LogP contribution is 2.26. The molecule has 0 unspecified atom stereocenters. The molecule has 134 valence electrons. The predicted molar refractivity (Wildman–Crippen MR) is 104 cm³/mol. The second-order valence-electron chi connectivity index (χ2n) is 5.86. The van der Waals surface area contributed by atoms with Crippen LogP contribution >= 0.6 is 11.8 Å². The Morgan fingerprint density at radius 2 is 1.89 bits per heavy atom. The minimum absolute atomic E-state index is 0.180. The Labute approximate surface area is 158 Å². The van der Waals surface area contributed by atoms with Crippen molar-refractivity contribution in [1.82, 2.24) is 19.2 Å². The number of hydrogen-bond donors (Lipinski definition) is 0. The van der Waals surface area contributed by atoms with E-state index in [1.54, 1.807) is 44.4 Å². The average molecular weight is 377 g/mol. The molecule has 0 saturated heterocycles. The summed E-state index contributed by atoms with van der Waals surface area (Å²) in [6.45, 7) is 1.80. The molecule has 0 aliphatic rings. The Balaban J connectivity index is 2.07. The third-order valence-electron chi connectivity index (χ3n) is 4.19. The monoisotopic (exact) mass is 377 g/mol. The largest absolute Gasteiger partial charge is 0.497 e. The first-order valence-corrected chi connectivity index (χ1v) is 9.11. The highest BCUT2D eigenvalue weighted by Gasteiger charge is 2.19. The standard InChI is InChI=1S/C19H15N5O2S/c1-12(11-20)27-19-22-21-18-23(13-7-9-14(26-2)10-8-13)17(25)15-5-3-4-6-16(15)24(18)19/h3-10,12H,1-2H3/t12-/m1/s1. The number of benzene rings is 2. The zero-order valence-corrected chi connectivity index (χ0v) is 15.5. The number of para-hydroxylation sites is 1. The molecular formula is C19H15N5O2S. The predicted octanol–water partition coefficient (Wildman–Crippen LogP) is 3.05. The average Bonchev–Trinajstić information content (AvgIpc) is 3.12. The lowest BCUT2D eigenvalue weighted by atomic mass is 10.2. The van der Waals surface area contributed by atoms with E-state index in [4.69, 9.17) is 10.00 Å². The van der Waals surface area contributed by atoms with Gasteiger partial charge >= 0.3 is 0 Å². The van der Waals surface area contributed by atoms with Crippen LogP contribution in [0.4, 0.5) is 0 Å². The van der Waals surface area contributed by atoms with Gasteiger partial charge in [-0.15, -0.1) is 10.2 Å². The Bertz CT molecular complexity index is 1240. The van der Waals surface area contributed by atoms with Crippen LogP contribution in [0.15, 0.2) is 58.5 Å². The van der Waals surface area contributed by atoms with Gasteiger partial charge in [-0.05, 0) is 43.3 Å². The minimum atomic E-state index is -0.294. The second kappa shape index (κ2) is 6.78. The van der Waals surface area contributed by atoms with Crippen LogP contribution in [-0.4, -0.2) is 31.5 Å². The molecule has 0 aliphatic heterocycles. The summed E-state index contributed by atoms with van der Waals surface area (Å²) in [5.41, 5.74) is 1.19. The number of nitriles is 1. The first-order chi connectivity index (χ1) is 13.1. The van der Waals surface area contributed by atoms with E-state index in [0.29, 0.717) is 33.3 Å². The van der Waals surface area contributed by atoms with Gasteiger partial charge in [0.05, 0.1) is 35.0 Å². The molecule has 0 radical (unpaired) electrons. The molecule has 4 aromatic rings. The van der Waals surface area contributed by atoms with Crippen molar-refractivity contribution in [2.24, 2.45) is 0 Å². The molecule has 0 bridgehead atoms. The maximum Gasteiger partial charge on any atom is 0.267 e. The molecule has 0 aliphatic carbocycles. The highest BCUT2D eigenvalue weighted by atomic mass is 32.2. The van der Waals surface area contributed by atoms with Crippen LogP contribution in [0.3, 0.4) is 0 Å². The molecule has 0 saturated carbocycles. The van der Waals surface area contributed by atoms with Crippen molar-refractivity contribution >= 4 is 28.4 Å². The zero-order valence-electron chi connectivity index (χ0n) is 14.7. The van der Waals surface area contributed by atoms with E-state index < -0.39 is 0 Å². The molecule has 0 amide bonds. The van der Waals surface area contributed by atoms with Crippen molar-refractivity contribution in [2.45, 2.75) is 17.3 Å². The number of ether oxygens (including phenoxy) is 1. The number of nitrogens with zero attached hydrogens (tertiary/aromatic N) is 5. The summed E-state index contributed by atoms with van der Waals surface area (Å²) < 4.78 is 8.54. The van der Waals surface area contributed by atoms with Crippen LogP contribution in [0.25, 0.3) is 22.4 Å². The van der Waals surface area contributed by atoms with Gasteiger partial charge < -0.3 is 4.74 Å². The van der Waals surface area contributed by atoms with Crippen LogP contribution in [-0.2, 0) is 0 Å². The molecule has 0 spiro atoms. The Kier molecular flexibility index (Phi) is 4.30. The fraction of sp³-hybridized carbons (Fsp3) is 0.158. The van der Waals surface area contributed by atoms with Crippen molar-refractivity contribution in [1.29, 1.82) is 5.26 Å². The zero-order chi connectivity index (χ0) is 19.0. The summed E-state index contributed by atoms with van der Waals surface area (Å²) in [5.74, 6) is 1.10. The SMILES string of the molecule is COc1ccc(-n2c(=O)c3ccccc3n3c(S[C@H](C)C#N)nnc23)cc1. The fourth-order valence-corrected chi connectivity index (χ4v) is 3.65. The van der Waals surface area contributed by atoms with E-state index in [9.17, 15) is 4.79 Å². The quantitative estimate of drug-likeness (QED) is 0.508. The maximum atomic E-state index is 13.2. The van der Waals surface area contributed by atoms with Gasteiger partial charge in [-0.1, -0.05) is 23.9 Å². The van der Waals surface area contributed by atoms with E-state index >= 15 is 0 Å². The van der Waals surface area contributed by atoms with Crippen LogP contribution in [0.2, 0.25) is 0 Å². The normalized spacial score (nSPS) is 12.2. The second-order valence-corrected chi connectivity index (χ2v) is 7.17. The van der Waals surface area contributed by atoms with Gasteiger partial charge in [-0.2, -0.15) is 5.26 Å². The van der Waals surface area contributed by atoms with Crippen molar-refractivity contribution in [3.63, 3.8) is 0 Å². The van der Waals surface area contributed by atoms with Gasteiger partial charge in [0.15, 0.2) is 5.16 Å². The van der Waals surface area contributed by atoms with E-state index in [2.05, 4.69) is 16.3 Å². The van der Waals surface area contributed by atoms with Gasteiger partial charge in [0.1, 0.15) is 5.75 Å². The van der Waals surface area contributed by atoms with Gasteiger partial charge in [-0.25, -0.2) is 4.57 Å². The van der Waals surface area contributed by atoms with Crippen molar-refractivity contribution in [3.05, 3.63) is 58.9 Å². The number of fused-ring (bicyclic) bond motifs is 3. The van der Waals surface area contributed by atoms with Gasteiger partial charge in [0.25, 0.3) is 5.56 Å². The summed E-state index contributed by atoms with van der Waals surface area (Å²) in [6, 6.07) is 16.7. The topological polar surface area (TPSA) is 85.2 Å². The van der Waals surface area contributed by atoms with Crippen LogP contribution in [0.1, 0.15) is 6.92 Å². The fourth-order valence-electron chi connectivity index (χ4n) is 2.90. The first kappa shape index (κ1) is 17.1. The van der Waals surface area contributed by atoms with Crippen molar-refractivity contribution in [2.75, 3.05) is 7.11 Å². The molecule has 2 aromatic carbocycles. The summed E-state index contributed by atoms with van der Waals surface area (Å²) in [7, 11) is 1.59. The molecule has 0 fully saturated rings. The number of methoxy groups -OCH3 is 1. The molecule has 2 aromatic heterocycles.